The van der Waals surface area contributed by atoms with Gasteiger partial charge in [0.15, 0.2) is 0 Å². The van der Waals surface area contributed by atoms with Crippen molar-refractivity contribution in [2.24, 2.45) is 0 Å². The van der Waals surface area contributed by atoms with Crippen molar-refractivity contribution >= 4 is 55.2 Å². The van der Waals surface area contributed by atoms with Crippen LogP contribution in [0.15, 0.2) is 0 Å². The van der Waals surface area contributed by atoms with Crippen LogP contribution in [0.25, 0.3) is 0 Å². The number of rotatable bonds is 0. The molecule has 28 valence electrons. The standard InChI is InChI=1S/CCl2O.Pb/c2-1(3)4;. The van der Waals surface area contributed by atoms with E-state index in [1.807, 2.05) is 0 Å². The molecule has 0 N–H and O–H groups in total. The van der Waals surface area contributed by atoms with Gasteiger partial charge in [-0.1, -0.05) is 0 Å². The van der Waals surface area contributed by atoms with Crippen LogP contribution in [0.4, 0.5) is 4.79 Å². The van der Waals surface area contributed by atoms with Gasteiger partial charge < -0.3 is 0 Å². The number of carbonyl (C=O) groups is 1. The van der Waals surface area contributed by atoms with Gasteiger partial charge in [-0.15, -0.1) is 0 Å². The van der Waals surface area contributed by atoms with Gasteiger partial charge in [0.2, 0.25) is 0 Å². The van der Waals surface area contributed by atoms with Crippen LogP contribution in [-0.2, 0) is 0 Å². The van der Waals surface area contributed by atoms with E-state index >= 15 is 0 Å². The molecule has 0 aromatic rings. The molecule has 0 aliphatic rings. The molecule has 0 heterocycles. The van der Waals surface area contributed by atoms with Gasteiger partial charge in [-0.25, -0.2) is 0 Å². The van der Waals surface area contributed by atoms with Crippen LogP contribution < -0.4 is 0 Å². The molecule has 0 fully saturated rings. The summed E-state index contributed by atoms with van der Waals surface area (Å²) in [6.07, 6.45) is 0. The van der Waals surface area contributed by atoms with Crippen LogP contribution in [-0.4, -0.2) is 32.0 Å². The number of hydrogen-bond donors (Lipinski definition) is 0. The smallest absolute Gasteiger partial charge is 0.262 e. The minimum absolute atomic E-state index is 0. The van der Waals surface area contributed by atoms with E-state index in [9.17, 15) is 0 Å². The van der Waals surface area contributed by atoms with E-state index in [0.29, 0.717) is 0 Å². The Hall–Kier alpha value is 1.17. The Bertz CT molecular complexity index is 32.6. The predicted molar refractivity (Wildman–Crippen MR) is 22.9 cm³/mol. The average molecular weight is 306 g/mol. The Labute approximate surface area is 59.8 Å². The van der Waals surface area contributed by atoms with E-state index in [1.165, 1.54) is 0 Å². The van der Waals surface area contributed by atoms with Crippen molar-refractivity contribution in [3.8, 4) is 0 Å². The van der Waals surface area contributed by atoms with Crippen LogP contribution >= 0.6 is 23.2 Å². The van der Waals surface area contributed by atoms with Crippen molar-refractivity contribution in [2.45, 2.75) is 0 Å². The first-order valence-corrected chi connectivity index (χ1v) is 1.34. The second-order valence-electron chi connectivity index (χ2n) is 0.226. The molecule has 0 atom stereocenters. The van der Waals surface area contributed by atoms with Gasteiger partial charge in [-0.05, 0) is 23.2 Å². The van der Waals surface area contributed by atoms with Crippen molar-refractivity contribution in [3.05, 3.63) is 0 Å². The molecule has 0 rings (SSSR count). The summed E-state index contributed by atoms with van der Waals surface area (Å²) in [5.74, 6) is 0. The largest absolute Gasteiger partial charge is 0.313 e. The molecule has 5 heavy (non-hydrogen) atoms. The molecule has 0 saturated heterocycles. The summed E-state index contributed by atoms with van der Waals surface area (Å²) in [5, 5.41) is 0. The molecule has 0 bridgehead atoms. The molecule has 0 aliphatic carbocycles. The molecule has 0 aromatic carbocycles. The van der Waals surface area contributed by atoms with E-state index in [0.717, 1.165) is 0 Å². The predicted octanol–water partition coefficient (Wildman–Crippen LogP) is 1.20. The van der Waals surface area contributed by atoms with Crippen LogP contribution in [0.3, 0.4) is 0 Å². The average Bonchev–Trinajstić information content (AvgIpc) is 0.811. The van der Waals surface area contributed by atoms with Crippen molar-refractivity contribution < 1.29 is 4.79 Å². The van der Waals surface area contributed by atoms with Crippen LogP contribution in [0.1, 0.15) is 0 Å². The maximum Gasteiger partial charge on any atom is 0.313 e. The monoisotopic (exact) mass is 306 g/mol. The van der Waals surface area contributed by atoms with E-state index in [4.69, 9.17) is 4.79 Å². The Morgan fingerprint density at radius 1 is 1.40 bits per heavy atom. The molecule has 0 saturated carbocycles. The summed E-state index contributed by atoms with van der Waals surface area (Å²) in [6, 6.07) is 0. The third-order valence-electron chi connectivity index (χ3n) is 0. The summed E-state index contributed by atoms with van der Waals surface area (Å²) in [5.41, 5.74) is 0. The maximum absolute atomic E-state index is 8.98. The molecule has 0 unspecified atom stereocenters. The first kappa shape index (κ1) is 9.49. The molecule has 0 amide bonds. The summed E-state index contributed by atoms with van der Waals surface area (Å²) in [7, 11) is 0. The van der Waals surface area contributed by atoms with E-state index in [2.05, 4.69) is 23.2 Å². The molecule has 4 heteroatoms. The minimum Gasteiger partial charge on any atom is -0.262 e. The first-order chi connectivity index (χ1) is 1.73. The fourth-order valence-corrected chi connectivity index (χ4v) is 0. The van der Waals surface area contributed by atoms with Gasteiger partial charge in [-0.3, -0.25) is 4.79 Å². The van der Waals surface area contributed by atoms with Crippen molar-refractivity contribution in [3.63, 3.8) is 0 Å². The van der Waals surface area contributed by atoms with E-state index in [-0.39, 0.29) is 27.3 Å². The number of hydrogen-bond acceptors (Lipinski definition) is 1. The van der Waals surface area contributed by atoms with Gasteiger partial charge in [0.05, 0.1) is 0 Å². The Kier molecular flexibility index (Phi) is 9.81. The second kappa shape index (κ2) is 5.17. The summed E-state index contributed by atoms with van der Waals surface area (Å²) in [6.45, 7) is 0. The van der Waals surface area contributed by atoms with Crippen molar-refractivity contribution in [1.29, 1.82) is 0 Å². The number of carbonyl (C=O) groups excluding carboxylic acids is 1. The van der Waals surface area contributed by atoms with E-state index < -0.39 is 4.70 Å². The zero-order valence-corrected chi connectivity index (χ0v) is 7.56. The van der Waals surface area contributed by atoms with Crippen LogP contribution in [0, 0.1) is 0 Å². The van der Waals surface area contributed by atoms with Gasteiger partial charge in [0.25, 0.3) is 0 Å². The molecule has 0 spiro atoms. The second-order valence-corrected chi connectivity index (χ2v) is 1.11. The molecule has 4 radical (unpaired) electrons. The van der Waals surface area contributed by atoms with Gasteiger partial charge in [0, 0.05) is 27.3 Å². The third-order valence-corrected chi connectivity index (χ3v) is 0. The minimum atomic E-state index is -0.889. The zero-order chi connectivity index (χ0) is 3.58. The quantitative estimate of drug-likeness (QED) is 0.485. The summed E-state index contributed by atoms with van der Waals surface area (Å²) >= 11 is 8.80. The van der Waals surface area contributed by atoms with Crippen molar-refractivity contribution in [2.75, 3.05) is 0 Å². The summed E-state index contributed by atoms with van der Waals surface area (Å²) in [4.78, 5) is 8.98. The Morgan fingerprint density at radius 3 is 1.40 bits per heavy atom. The van der Waals surface area contributed by atoms with Crippen LogP contribution in [0.5, 0.6) is 0 Å². The molecule has 0 aliphatic heterocycles. The number of halogens is 2. The fraction of sp³-hybridized carbons (Fsp3) is 0. The van der Waals surface area contributed by atoms with Crippen LogP contribution in [0.2, 0.25) is 0 Å². The third kappa shape index (κ3) is 37.9. The van der Waals surface area contributed by atoms with E-state index in [1.54, 1.807) is 0 Å². The topological polar surface area (TPSA) is 17.1 Å². The Morgan fingerprint density at radius 2 is 1.40 bits per heavy atom. The SMILES string of the molecule is O=C(Cl)Cl.[Pb]. The normalized spacial score (nSPS) is 5.20. The van der Waals surface area contributed by atoms with Gasteiger partial charge >= 0.3 is 4.70 Å². The summed E-state index contributed by atoms with van der Waals surface area (Å²) < 4.78 is -0.889. The molecular weight excluding hydrogens is 306 g/mol. The van der Waals surface area contributed by atoms with Crippen molar-refractivity contribution in [1.82, 2.24) is 0 Å². The Balaban J connectivity index is 0. The van der Waals surface area contributed by atoms with Gasteiger partial charge in [-0.2, -0.15) is 0 Å². The zero-order valence-electron chi connectivity index (χ0n) is 2.16. The molecular formula is CCl2OPb. The maximum atomic E-state index is 8.98. The fourth-order valence-electron chi connectivity index (χ4n) is 0. The molecule has 0 aromatic heterocycles. The molecule has 1 nitrogen and oxygen atoms in total. The first-order valence-electron chi connectivity index (χ1n) is 0.582. The van der Waals surface area contributed by atoms with Gasteiger partial charge in [0.1, 0.15) is 0 Å².